The predicted octanol–water partition coefficient (Wildman–Crippen LogP) is 1.75. The van der Waals surface area contributed by atoms with Gasteiger partial charge in [-0.2, -0.15) is 0 Å². The molecule has 0 aliphatic carbocycles. The first kappa shape index (κ1) is 20.1. The Bertz CT molecular complexity index is 1060. The molecule has 29 heavy (non-hydrogen) atoms. The summed E-state index contributed by atoms with van der Waals surface area (Å²) in [4.78, 5) is 24.4. The van der Waals surface area contributed by atoms with E-state index in [-0.39, 0.29) is 12.1 Å². The van der Waals surface area contributed by atoms with E-state index < -0.39 is 11.9 Å². The highest BCUT2D eigenvalue weighted by Gasteiger charge is 2.19. The molecule has 8 nitrogen and oxygen atoms in total. The highest BCUT2D eigenvalue weighted by molar-refractivity contribution is 6.02. The van der Waals surface area contributed by atoms with Gasteiger partial charge in [-0.05, 0) is 11.6 Å². The molecule has 1 heterocycles. The molecule has 152 valence electrons. The number of aromatic nitrogens is 1. The minimum Gasteiger partial charge on any atom is -0.543 e. The van der Waals surface area contributed by atoms with Crippen molar-refractivity contribution in [2.75, 3.05) is 26.6 Å². The maximum Gasteiger partial charge on any atom is 0.228 e. The number of carbonyl (C=O) groups excluding carboxylic acids is 2. The molecule has 0 atom stereocenters. The molecule has 0 saturated carbocycles. The lowest BCUT2D eigenvalue weighted by molar-refractivity contribution is -0.255. The summed E-state index contributed by atoms with van der Waals surface area (Å²) in [6.07, 6.45) is -0.138. The van der Waals surface area contributed by atoms with Gasteiger partial charge in [0.15, 0.2) is 11.5 Å². The second-order valence-electron chi connectivity index (χ2n) is 6.33. The van der Waals surface area contributed by atoms with E-state index in [0.717, 1.165) is 0 Å². The molecule has 0 saturated heterocycles. The molecule has 0 aliphatic rings. The molecule has 8 heteroatoms. The van der Waals surface area contributed by atoms with Crippen LogP contribution in [0.5, 0.6) is 17.2 Å². The highest BCUT2D eigenvalue weighted by atomic mass is 16.5. The zero-order valence-corrected chi connectivity index (χ0v) is 16.6. The van der Waals surface area contributed by atoms with Crippen molar-refractivity contribution in [3.05, 3.63) is 47.7 Å². The van der Waals surface area contributed by atoms with Gasteiger partial charge in [0.05, 0.1) is 39.4 Å². The number of methoxy groups -OCH3 is 3. The zero-order chi connectivity index (χ0) is 21.1. The quantitative estimate of drug-likeness (QED) is 0.652. The molecule has 1 aromatic heterocycles. The average molecular weight is 397 g/mol. The van der Waals surface area contributed by atoms with E-state index in [1.54, 1.807) is 43.4 Å². The van der Waals surface area contributed by atoms with Gasteiger partial charge in [0.1, 0.15) is 0 Å². The van der Waals surface area contributed by atoms with E-state index in [4.69, 9.17) is 14.2 Å². The number of hydrogen-bond donors (Lipinski definition) is 1. The largest absolute Gasteiger partial charge is 0.543 e. The van der Waals surface area contributed by atoms with Crippen LogP contribution in [0.1, 0.15) is 16.1 Å². The number of carboxylic acid groups (broad SMARTS) is 1. The fourth-order valence-electron chi connectivity index (χ4n) is 3.43. The third-order valence-corrected chi connectivity index (χ3v) is 4.69. The molecule has 3 rings (SSSR count). The second-order valence-corrected chi connectivity index (χ2v) is 6.33. The van der Waals surface area contributed by atoms with Crippen molar-refractivity contribution in [2.24, 2.45) is 7.05 Å². The number of benzene rings is 2. The minimum absolute atomic E-state index is 0.0220. The Morgan fingerprint density at radius 3 is 2.21 bits per heavy atom. The van der Waals surface area contributed by atoms with Gasteiger partial charge in [-0.25, -0.2) is 0 Å². The first-order chi connectivity index (χ1) is 13.9. The van der Waals surface area contributed by atoms with Gasteiger partial charge in [-0.15, -0.1) is 0 Å². The van der Waals surface area contributed by atoms with Crippen LogP contribution in [0, 0.1) is 0 Å². The van der Waals surface area contributed by atoms with Crippen LogP contribution in [0.4, 0.5) is 5.69 Å². The van der Waals surface area contributed by atoms with E-state index in [1.807, 2.05) is 0 Å². The summed E-state index contributed by atoms with van der Waals surface area (Å²) in [7, 11) is 6.07. The number of rotatable bonds is 7. The van der Waals surface area contributed by atoms with Gasteiger partial charge in [0.2, 0.25) is 11.7 Å². The third kappa shape index (κ3) is 3.69. The van der Waals surface area contributed by atoms with Crippen molar-refractivity contribution in [2.45, 2.75) is 6.42 Å². The minimum atomic E-state index is -1.33. The SMILES string of the molecule is COc1cc(NC(=O)Cc2c(C(=O)[O-])n(C)c3ccccc23)cc(OC)c1OC. The fraction of sp³-hybridized carbons (Fsp3) is 0.238. The second kappa shape index (κ2) is 8.14. The standard InChI is InChI=1S/C21H22N2O6/c1-23-15-8-6-5-7-13(15)14(19(23)21(25)26)11-18(24)22-12-9-16(27-2)20(29-4)17(10-12)28-3/h5-10H,11H2,1-4H3,(H,22,24)(H,25,26)/p-1. The third-order valence-electron chi connectivity index (χ3n) is 4.69. The maximum atomic E-state index is 12.7. The lowest BCUT2D eigenvalue weighted by atomic mass is 10.1. The van der Waals surface area contributed by atoms with Crippen LogP contribution in [-0.4, -0.2) is 37.8 Å². The summed E-state index contributed by atoms with van der Waals surface area (Å²) < 4.78 is 17.4. The van der Waals surface area contributed by atoms with Gasteiger partial charge in [0, 0.05) is 35.8 Å². The Labute approximate surface area is 167 Å². The van der Waals surface area contributed by atoms with Crippen LogP contribution < -0.4 is 24.6 Å². The number of anilines is 1. The monoisotopic (exact) mass is 397 g/mol. The first-order valence-electron chi connectivity index (χ1n) is 8.78. The number of carbonyl (C=O) groups is 2. The van der Waals surface area contributed by atoms with Gasteiger partial charge in [0.25, 0.3) is 0 Å². The number of aromatic carboxylic acids is 1. The summed E-state index contributed by atoms with van der Waals surface area (Å²) in [6, 6.07) is 10.4. The highest BCUT2D eigenvalue weighted by Crippen LogP contribution is 2.40. The number of hydrogen-bond acceptors (Lipinski definition) is 6. The summed E-state index contributed by atoms with van der Waals surface area (Å²) in [5, 5.41) is 15.1. The van der Waals surface area contributed by atoms with Gasteiger partial charge in [-0.1, -0.05) is 18.2 Å². The molecule has 1 N–H and O–H groups in total. The number of carboxylic acids is 1. The number of ether oxygens (including phenoxy) is 3. The predicted molar refractivity (Wildman–Crippen MR) is 106 cm³/mol. The van der Waals surface area contributed by atoms with Crippen LogP contribution in [0.25, 0.3) is 10.9 Å². The average Bonchev–Trinajstić information content (AvgIpc) is 2.99. The summed E-state index contributed by atoms with van der Waals surface area (Å²) in [6.45, 7) is 0. The Hall–Kier alpha value is -3.68. The molecular formula is C21H21N2O6-. The first-order valence-corrected chi connectivity index (χ1v) is 8.78. The Kier molecular flexibility index (Phi) is 5.63. The van der Waals surface area contributed by atoms with Crippen molar-refractivity contribution in [1.82, 2.24) is 4.57 Å². The van der Waals surface area contributed by atoms with Crippen LogP contribution >= 0.6 is 0 Å². The summed E-state index contributed by atoms with van der Waals surface area (Å²) in [5.74, 6) is -0.538. The molecule has 0 radical (unpaired) electrons. The number of amides is 1. The summed E-state index contributed by atoms with van der Waals surface area (Å²) in [5.41, 5.74) is 1.52. The molecule has 0 aliphatic heterocycles. The molecule has 0 fully saturated rings. The zero-order valence-electron chi connectivity index (χ0n) is 16.6. The van der Waals surface area contributed by atoms with Crippen LogP contribution in [-0.2, 0) is 18.3 Å². The van der Waals surface area contributed by atoms with Crippen LogP contribution in [0.2, 0.25) is 0 Å². The van der Waals surface area contributed by atoms with Crippen molar-refractivity contribution in [3.8, 4) is 17.2 Å². The number of para-hydroxylation sites is 1. The molecule has 0 spiro atoms. The molecular weight excluding hydrogens is 376 g/mol. The molecule has 2 aromatic carbocycles. The topological polar surface area (TPSA) is 102 Å². The molecule has 1 amide bonds. The van der Waals surface area contributed by atoms with E-state index in [2.05, 4.69) is 5.32 Å². The molecule has 3 aromatic rings. The Morgan fingerprint density at radius 1 is 1.03 bits per heavy atom. The fourth-order valence-corrected chi connectivity index (χ4v) is 3.43. The van der Waals surface area contributed by atoms with Crippen LogP contribution in [0.15, 0.2) is 36.4 Å². The normalized spacial score (nSPS) is 10.6. The van der Waals surface area contributed by atoms with E-state index >= 15 is 0 Å². The van der Waals surface area contributed by atoms with Crippen molar-refractivity contribution in [3.63, 3.8) is 0 Å². The van der Waals surface area contributed by atoms with Crippen molar-refractivity contribution < 1.29 is 28.9 Å². The Morgan fingerprint density at radius 2 is 1.66 bits per heavy atom. The maximum absolute atomic E-state index is 12.7. The van der Waals surface area contributed by atoms with Gasteiger partial charge < -0.3 is 34.0 Å². The van der Waals surface area contributed by atoms with Crippen molar-refractivity contribution in [1.29, 1.82) is 0 Å². The lowest BCUT2D eigenvalue weighted by Gasteiger charge is -2.15. The number of aryl methyl sites for hydroxylation is 1. The van der Waals surface area contributed by atoms with Gasteiger partial charge in [-0.3, -0.25) is 4.79 Å². The van der Waals surface area contributed by atoms with E-state index in [1.165, 1.54) is 25.9 Å². The molecule has 0 bridgehead atoms. The van der Waals surface area contributed by atoms with E-state index in [0.29, 0.717) is 39.4 Å². The van der Waals surface area contributed by atoms with Crippen LogP contribution in [0.3, 0.4) is 0 Å². The lowest BCUT2D eigenvalue weighted by Crippen LogP contribution is -2.27. The smallest absolute Gasteiger partial charge is 0.228 e. The summed E-state index contributed by atoms with van der Waals surface area (Å²) >= 11 is 0. The van der Waals surface area contributed by atoms with E-state index in [9.17, 15) is 14.7 Å². The molecule has 0 unspecified atom stereocenters. The van der Waals surface area contributed by atoms with Gasteiger partial charge >= 0.3 is 0 Å². The number of nitrogens with one attached hydrogen (secondary N) is 1. The number of fused-ring (bicyclic) bond motifs is 1. The Balaban J connectivity index is 1.95. The number of nitrogens with zero attached hydrogens (tertiary/aromatic N) is 1. The van der Waals surface area contributed by atoms with Crippen molar-refractivity contribution >= 4 is 28.5 Å².